The minimum atomic E-state index is -0.196. The van der Waals surface area contributed by atoms with Crippen molar-refractivity contribution in [3.8, 4) is 0 Å². The third kappa shape index (κ3) is 4.57. The number of rotatable bonds is 6. The summed E-state index contributed by atoms with van der Waals surface area (Å²) < 4.78 is 13.2. The third-order valence-corrected chi connectivity index (χ3v) is 4.44. The van der Waals surface area contributed by atoms with E-state index in [0.717, 1.165) is 24.4 Å². The minimum Gasteiger partial charge on any atom is -0.324 e. The number of piperidine rings is 1. The predicted molar refractivity (Wildman–Crippen MR) is 82.0 cm³/mol. The van der Waals surface area contributed by atoms with Gasteiger partial charge in [-0.2, -0.15) is 0 Å². The lowest BCUT2D eigenvalue weighted by molar-refractivity contribution is 0.174. The van der Waals surface area contributed by atoms with E-state index >= 15 is 0 Å². The van der Waals surface area contributed by atoms with Crippen LogP contribution in [0.25, 0.3) is 0 Å². The molecule has 2 N–H and O–H groups in total. The molecular weight excluding hydrogens is 251 g/mol. The van der Waals surface area contributed by atoms with E-state index in [1.165, 1.54) is 44.8 Å². The highest BCUT2D eigenvalue weighted by molar-refractivity contribution is 5.19. The van der Waals surface area contributed by atoms with Crippen molar-refractivity contribution in [1.82, 2.24) is 4.90 Å². The van der Waals surface area contributed by atoms with Gasteiger partial charge in [-0.1, -0.05) is 31.9 Å². The zero-order valence-electron chi connectivity index (χ0n) is 12.5. The molecule has 0 amide bonds. The summed E-state index contributed by atoms with van der Waals surface area (Å²) in [6, 6.07) is 6.62. The number of halogens is 1. The molecule has 0 aromatic heterocycles. The molecule has 1 aliphatic heterocycles. The molecule has 0 spiro atoms. The average Bonchev–Trinajstić information content (AvgIpc) is 2.46. The molecule has 0 bridgehead atoms. The Morgan fingerprint density at radius 1 is 1.35 bits per heavy atom. The fraction of sp³-hybridized carbons (Fsp3) is 0.647. The minimum absolute atomic E-state index is 0.0564. The average molecular weight is 278 g/mol. The number of hydrogen-bond donors (Lipinski definition) is 1. The Kier molecular flexibility index (Phi) is 5.99. The Labute approximate surface area is 122 Å². The van der Waals surface area contributed by atoms with Gasteiger partial charge >= 0.3 is 0 Å². The molecule has 1 fully saturated rings. The van der Waals surface area contributed by atoms with E-state index in [1.54, 1.807) is 12.1 Å². The lowest BCUT2D eigenvalue weighted by Gasteiger charge is -2.32. The van der Waals surface area contributed by atoms with Crippen LogP contribution in [0.3, 0.4) is 0 Å². The third-order valence-electron chi connectivity index (χ3n) is 4.44. The van der Waals surface area contributed by atoms with E-state index in [0.29, 0.717) is 0 Å². The van der Waals surface area contributed by atoms with E-state index in [9.17, 15) is 4.39 Å². The Bertz CT molecular complexity index is 400. The van der Waals surface area contributed by atoms with Gasteiger partial charge in [-0.15, -0.1) is 0 Å². The van der Waals surface area contributed by atoms with Crippen LogP contribution in [0.5, 0.6) is 0 Å². The lowest BCUT2D eigenvalue weighted by atomic mass is 9.92. The van der Waals surface area contributed by atoms with E-state index < -0.39 is 0 Å². The maximum absolute atomic E-state index is 13.2. The second kappa shape index (κ2) is 7.75. The van der Waals surface area contributed by atoms with Crippen molar-refractivity contribution < 1.29 is 4.39 Å². The Morgan fingerprint density at radius 2 is 2.10 bits per heavy atom. The van der Waals surface area contributed by atoms with Crippen LogP contribution in [0.4, 0.5) is 4.39 Å². The zero-order valence-corrected chi connectivity index (χ0v) is 12.5. The molecular formula is C17H27FN2. The van der Waals surface area contributed by atoms with Crippen LogP contribution in [-0.4, -0.2) is 24.5 Å². The number of likely N-dealkylation sites (tertiary alicyclic amines) is 1. The predicted octanol–water partition coefficient (Wildman–Crippen LogP) is 3.73. The van der Waals surface area contributed by atoms with Crippen LogP contribution in [0.15, 0.2) is 24.3 Å². The molecule has 1 unspecified atom stereocenters. The van der Waals surface area contributed by atoms with E-state index in [2.05, 4.69) is 11.8 Å². The van der Waals surface area contributed by atoms with E-state index in [-0.39, 0.29) is 11.9 Å². The molecule has 0 aliphatic carbocycles. The molecule has 1 aliphatic rings. The summed E-state index contributed by atoms with van der Waals surface area (Å²) >= 11 is 0. The molecule has 1 heterocycles. The monoisotopic (exact) mass is 278 g/mol. The summed E-state index contributed by atoms with van der Waals surface area (Å²) in [6.07, 6.45) is 6.22. The van der Waals surface area contributed by atoms with Gasteiger partial charge in [0.2, 0.25) is 0 Å². The number of nitrogens with two attached hydrogens (primary N) is 1. The smallest absolute Gasteiger partial charge is 0.123 e. The van der Waals surface area contributed by atoms with Gasteiger partial charge in [0.25, 0.3) is 0 Å². The van der Waals surface area contributed by atoms with Crippen LogP contribution in [0.1, 0.15) is 50.6 Å². The Hall–Kier alpha value is -0.930. The van der Waals surface area contributed by atoms with Gasteiger partial charge in [0, 0.05) is 6.04 Å². The first-order valence-electron chi connectivity index (χ1n) is 7.92. The highest BCUT2D eigenvalue weighted by Crippen LogP contribution is 2.23. The highest BCUT2D eigenvalue weighted by atomic mass is 19.1. The van der Waals surface area contributed by atoms with Crippen molar-refractivity contribution in [2.45, 2.75) is 45.1 Å². The van der Waals surface area contributed by atoms with E-state index in [4.69, 9.17) is 5.73 Å². The fourth-order valence-corrected chi connectivity index (χ4v) is 3.13. The molecule has 20 heavy (non-hydrogen) atoms. The summed E-state index contributed by atoms with van der Waals surface area (Å²) in [4.78, 5) is 2.51. The molecule has 112 valence electrons. The van der Waals surface area contributed by atoms with Gasteiger partial charge in [0.15, 0.2) is 0 Å². The lowest BCUT2D eigenvalue weighted by Crippen LogP contribution is -2.35. The Morgan fingerprint density at radius 3 is 2.75 bits per heavy atom. The normalized spacial score (nSPS) is 19.1. The van der Waals surface area contributed by atoms with Gasteiger partial charge in [0.05, 0.1) is 0 Å². The number of benzene rings is 1. The second-order valence-corrected chi connectivity index (χ2v) is 6.02. The molecule has 0 radical (unpaired) electrons. The van der Waals surface area contributed by atoms with Crippen LogP contribution in [-0.2, 0) is 0 Å². The molecule has 2 nitrogen and oxygen atoms in total. The van der Waals surface area contributed by atoms with Crippen LogP contribution in [0, 0.1) is 11.7 Å². The van der Waals surface area contributed by atoms with Crippen molar-refractivity contribution >= 4 is 0 Å². The molecule has 1 aromatic rings. The number of nitrogens with zero attached hydrogens (tertiary/aromatic N) is 1. The van der Waals surface area contributed by atoms with Crippen LogP contribution < -0.4 is 5.73 Å². The van der Waals surface area contributed by atoms with Crippen molar-refractivity contribution in [3.05, 3.63) is 35.6 Å². The Balaban J connectivity index is 1.73. The van der Waals surface area contributed by atoms with Gasteiger partial charge in [-0.25, -0.2) is 4.39 Å². The SMILES string of the molecule is CCCC1CCN(CCC(N)c2cccc(F)c2)CC1. The molecule has 0 saturated carbocycles. The summed E-state index contributed by atoms with van der Waals surface area (Å²) in [5, 5.41) is 0. The van der Waals surface area contributed by atoms with Gasteiger partial charge in [-0.05, 0) is 62.5 Å². The van der Waals surface area contributed by atoms with Gasteiger partial charge in [0.1, 0.15) is 5.82 Å². The van der Waals surface area contributed by atoms with Crippen molar-refractivity contribution in [2.24, 2.45) is 11.7 Å². The van der Waals surface area contributed by atoms with Crippen molar-refractivity contribution in [3.63, 3.8) is 0 Å². The maximum atomic E-state index is 13.2. The van der Waals surface area contributed by atoms with Crippen molar-refractivity contribution in [1.29, 1.82) is 0 Å². The van der Waals surface area contributed by atoms with Gasteiger partial charge in [-0.3, -0.25) is 0 Å². The molecule has 1 atom stereocenters. The fourth-order valence-electron chi connectivity index (χ4n) is 3.13. The first-order valence-corrected chi connectivity index (χ1v) is 7.92. The largest absolute Gasteiger partial charge is 0.324 e. The van der Waals surface area contributed by atoms with Crippen LogP contribution >= 0.6 is 0 Å². The molecule has 1 saturated heterocycles. The molecule has 2 rings (SSSR count). The summed E-state index contributed by atoms with van der Waals surface area (Å²) in [5.74, 6) is 0.728. The molecule has 3 heteroatoms. The standard InChI is InChI=1S/C17H27FN2/c1-2-4-14-7-10-20(11-8-14)12-9-17(19)15-5-3-6-16(18)13-15/h3,5-6,13-14,17H,2,4,7-12,19H2,1H3. The van der Waals surface area contributed by atoms with Crippen LogP contribution in [0.2, 0.25) is 0 Å². The zero-order chi connectivity index (χ0) is 14.4. The summed E-state index contributed by atoms with van der Waals surface area (Å²) in [6.45, 7) is 5.68. The second-order valence-electron chi connectivity index (χ2n) is 6.02. The quantitative estimate of drug-likeness (QED) is 0.859. The first kappa shape index (κ1) is 15.5. The first-order chi connectivity index (χ1) is 9.69. The molecule has 1 aromatic carbocycles. The van der Waals surface area contributed by atoms with Gasteiger partial charge < -0.3 is 10.6 Å². The topological polar surface area (TPSA) is 29.3 Å². The summed E-state index contributed by atoms with van der Waals surface area (Å²) in [7, 11) is 0. The number of hydrogen-bond acceptors (Lipinski definition) is 2. The maximum Gasteiger partial charge on any atom is 0.123 e. The summed E-state index contributed by atoms with van der Waals surface area (Å²) in [5.41, 5.74) is 7.07. The van der Waals surface area contributed by atoms with E-state index in [1.807, 2.05) is 6.07 Å². The highest BCUT2D eigenvalue weighted by Gasteiger charge is 2.19. The van der Waals surface area contributed by atoms with Crippen molar-refractivity contribution in [2.75, 3.05) is 19.6 Å².